The van der Waals surface area contributed by atoms with Gasteiger partial charge < -0.3 is 30.1 Å². The first kappa shape index (κ1) is 25.4. The van der Waals surface area contributed by atoms with Crippen LogP contribution in [0.4, 0.5) is 21.9 Å². The molecule has 184 valence electrons. The summed E-state index contributed by atoms with van der Waals surface area (Å²) in [4.78, 5) is 26.6. The van der Waals surface area contributed by atoms with Gasteiger partial charge in [-0.1, -0.05) is 13.0 Å². The standard InChI is InChI=1S/C26H35N3O5/c1-4-18(17-25(30)31)19-6-11-24(29(5-2)21-12-14-34-15-13-21)23(16-19)28-26(32)27-20-7-9-22(33-3)10-8-20/h6-11,16,18,21H,4-5,12-15,17H2,1-3H3,(H,30,31)(H2,27,28,32). The Balaban J connectivity index is 1.89. The van der Waals surface area contributed by atoms with Gasteiger partial charge in [0.05, 0.1) is 24.9 Å². The third-order valence-electron chi connectivity index (χ3n) is 6.28. The number of hydrogen-bond acceptors (Lipinski definition) is 5. The molecule has 2 aromatic carbocycles. The molecule has 3 N–H and O–H groups in total. The van der Waals surface area contributed by atoms with Gasteiger partial charge in [0.15, 0.2) is 0 Å². The van der Waals surface area contributed by atoms with E-state index in [4.69, 9.17) is 9.47 Å². The first-order chi connectivity index (χ1) is 16.4. The van der Waals surface area contributed by atoms with Gasteiger partial charge in [-0.05, 0) is 74.1 Å². The number of carboxylic acid groups (broad SMARTS) is 1. The Bertz CT molecular complexity index is 957. The lowest BCUT2D eigenvalue weighted by Crippen LogP contribution is -2.40. The molecule has 0 aromatic heterocycles. The number of carbonyl (C=O) groups excluding carboxylic acids is 1. The second-order valence-electron chi connectivity index (χ2n) is 8.42. The lowest BCUT2D eigenvalue weighted by Gasteiger charge is -2.36. The molecule has 1 aliphatic rings. The highest BCUT2D eigenvalue weighted by Crippen LogP contribution is 2.35. The smallest absolute Gasteiger partial charge is 0.323 e. The third-order valence-corrected chi connectivity index (χ3v) is 6.28. The lowest BCUT2D eigenvalue weighted by atomic mass is 9.92. The van der Waals surface area contributed by atoms with Crippen molar-refractivity contribution in [3.05, 3.63) is 48.0 Å². The number of carboxylic acids is 1. The van der Waals surface area contributed by atoms with Gasteiger partial charge in [0.2, 0.25) is 0 Å². The molecule has 1 fully saturated rings. The van der Waals surface area contributed by atoms with Crippen LogP contribution < -0.4 is 20.3 Å². The first-order valence-corrected chi connectivity index (χ1v) is 11.9. The van der Waals surface area contributed by atoms with Gasteiger partial charge in [-0.3, -0.25) is 4.79 Å². The third kappa shape index (κ3) is 6.63. The van der Waals surface area contributed by atoms with Gasteiger partial charge in [-0.2, -0.15) is 0 Å². The Hall–Kier alpha value is -3.26. The number of ether oxygens (including phenoxy) is 2. The quantitative estimate of drug-likeness (QED) is 0.436. The second kappa shape index (κ2) is 12.3. The van der Waals surface area contributed by atoms with Crippen molar-refractivity contribution in [3.63, 3.8) is 0 Å². The van der Waals surface area contributed by atoms with E-state index in [9.17, 15) is 14.7 Å². The molecule has 0 spiro atoms. The number of hydrogen-bond donors (Lipinski definition) is 3. The topological polar surface area (TPSA) is 100 Å². The fourth-order valence-electron chi connectivity index (χ4n) is 4.45. The number of aliphatic carboxylic acids is 1. The van der Waals surface area contributed by atoms with Crippen LogP contribution in [0.25, 0.3) is 0 Å². The van der Waals surface area contributed by atoms with Crippen LogP contribution in [0.3, 0.4) is 0 Å². The maximum absolute atomic E-state index is 12.9. The Morgan fingerprint density at radius 3 is 2.41 bits per heavy atom. The predicted octanol–water partition coefficient (Wildman–Crippen LogP) is 5.31. The Kier molecular flexibility index (Phi) is 9.16. The number of methoxy groups -OCH3 is 1. The van der Waals surface area contributed by atoms with Crippen LogP contribution in [0.15, 0.2) is 42.5 Å². The highest BCUT2D eigenvalue weighted by atomic mass is 16.5. The van der Waals surface area contributed by atoms with Gasteiger partial charge >= 0.3 is 12.0 Å². The molecule has 1 saturated heterocycles. The molecule has 0 radical (unpaired) electrons. The number of carbonyl (C=O) groups is 2. The van der Waals surface area contributed by atoms with Crippen LogP contribution >= 0.6 is 0 Å². The number of nitrogens with zero attached hydrogens (tertiary/aromatic N) is 1. The number of amides is 2. The minimum absolute atomic E-state index is 0.0464. The molecule has 0 bridgehead atoms. The lowest BCUT2D eigenvalue weighted by molar-refractivity contribution is -0.137. The largest absolute Gasteiger partial charge is 0.497 e. The van der Waals surface area contributed by atoms with Crippen LogP contribution in [0.2, 0.25) is 0 Å². The zero-order valence-corrected chi connectivity index (χ0v) is 20.2. The second-order valence-corrected chi connectivity index (χ2v) is 8.42. The van der Waals surface area contributed by atoms with Gasteiger partial charge in [-0.15, -0.1) is 0 Å². The molecular weight excluding hydrogens is 434 g/mol. The number of benzene rings is 2. The summed E-state index contributed by atoms with van der Waals surface area (Å²) >= 11 is 0. The van der Waals surface area contributed by atoms with E-state index in [1.165, 1.54) is 0 Å². The number of urea groups is 1. The SMILES string of the molecule is CCC(CC(=O)O)c1ccc(N(CC)C2CCOCC2)c(NC(=O)Nc2ccc(OC)cc2)c1. The normalized spacial score (nSPS) is 14.8. The van der Waals surface area contributed by atoms with Crippen molar-refractivity contribution < 1.29 is 24.2 Å². The molecule has 0 aliphatic carbocycles. The van der Waals surface area contributed by atoms with Crippen LogP contribution in [0, 0.1) is 0 Å². The van der Waals surface area contributed by atoms with E-state index in [2.05, 4.69) is 22.5 Å². The van der Waals surface area contributed by atoms with Crippen molar-refractivity contribution in [3.8, 4) is 5.75 Å². The average Bonchev–Trinajstić information content (AvgIpc) is 2.85. The summed E-state index contributed by atoms with van der Waals surface area (Å²) in [6.07, 6.45) is 2.58. The number of anilines is 3. The Labute approximate surface area is 201 Å². The molecule has 2 aromatic rings. The predicted molar refractivity (Wildman–Crippen MR) is 134 cm³/mol. The van der Waals surface area contributed by atoms with E-state index in [1.807, 2.05) is 25.1 Å². The van der Waals surface area contributed by atoms with Gasteiger partial charge in [0.1, 0.15) is 5.75 Å². The monoisotopic (exact) mass is 469 g/mol. The van der Waals surface area contributed by atoms with Crippen molar-refractivity contribution in [1.29, 1.82) is 0 Å². The molecule has 1 unspecified atom stereocenters. The minimum Gasteiger partial charge on any atom is -0.497 e. The molecule has 3 rings (SSSR count). The van der Waals surface area contributed by atoms with Crippen LogP contribution in [-0.4, -0.2) is 50.0 Å². The van der Waals surface area contributed by atoms with Crippen LogP contribution in [0.1, 0.15) is 51.0 Å². The summed E-state index contributed by atoms with van der Waals surface area (Å²) in [5.74, 6) is -0.255. The molecular formula is C26H35N3O5. The zero-order valence-electron chi connectivity index (χ0n) is 20.2. The summed E-state index contributed by atoms with van der Waals surface area (Å²) < 4.78 is 10.7. The number of rotatable bonds is 10. The van der Waals surface area contributed by atoms with E-state index in [0.717, 1.165) is 43.9 Å². The van der Waals surface area contributed by atoms with Crippen molar-refractivity contribution in [1.82, 2.24) is 0 Å². The van der Waals surface area contributed by atoms with Gasteiger partial charge in [-0.25, -0.2) is 4.79 Å². The first-order valence-electron chi connectivity index (χ1n) is 11.9. The van der Waals surface area contributed by atoms with Crippen molar-refractivity contribution >= 4 is 29.1 Å². The maximum atomic E-state index is 12.9. The van der Waals surface area contributed by atoms with Crippen molar-refractivity contribution in [2.45, 2.75) is 51.5 Å². The summed E-state index contributed by atoms with van der Waals surface area (Å²) in [5, 5.41) is 15.2. The number of nitrogens with one attached hydrogen (secondary N) is 2. The Morgan fingerprint density at radius 2 is 1.82 bits per heavy atom. The van der Waals surface area contributed by atoms with Crippen LogP contribution in [0.5, 0.6) is 5.75 Å². The molecule has 2 amide bonds. The molecule has 1 atom stereocenters. The summed E-state index contributed by atoms with van der Waals surface area (Å²) in [6, 6.07) is 13.0. The fourth-order valence-corrected chi connectivity index (χ4v) is 4.45. The molecule has 8 nitrogen and oxygen atoms in total. The van der Waals surface area contributed by atoms with E-state index in [0.29, 0.717) is 29.6 Å². The van der Waals surface area contributed by atoms with E-state index in [1.54, 1.807) is 31.4 Å². The van der Waals surface area contributed by atoms with Gasteiger partial charge in [0, 0.05) is 31.5 Å². The van der Waals surface area contributed by atoms with E-state index in [-0.39, 0.29) is 18.4 Å². The summed E-state index contributed by atoms with van der Waals surface area (Å²) in [5.41, 5.74) is 3.13. The van der Waals surface area contributed by atoms with E-state index < -0.39 is 5.97 Å². The highest BCUT2D eigenvalue weighted by Gasteiger charge is 2.24. The average molecular weight is 470 g/mol. The van der Waals surface area contributed by atoms with Crippen LogP contribution in [-0.2, 0) is 9.53 Å². The van der Waals surface area contributed by atoms with Crippen molar-refractivity contribution in [2.75, 3.05) is 42.4 Å². The zero-order chi connectivity index (χ0) is 24.5. The van der Waals surface area contributed by atoms with Gasteiger partial charge in [0.25, 0.3) is 0 Å². The maximum Gasteiger partial charge on any atom is 0.323 e. The molecule has 1 heterocycles. The fraction of sp³-hybridized carbons (Fsp3) is 0.462. The van der Waals surface area contributed by atoms with E-state index >= 15 is 0 Å². The summed E-state index contributed by atoms with van der Waals surface area (Å²) in [6.45, 7) is 6.30. The highest BCUT2D eigenvalue weighted by molar-refractivity contribution is 6.02. The minimum atomic E-state index is -0.833. The molecule has 1 aliphatic heterocycles. The summed E-state index contributed by atoms with van der Waals surface area (Å²) in [7, 11) is 1.59. The van der Waals surface area contributed by atoms with Crippen molar-refractivity contribution in [2.24, 2.45) is 0 Å². The molecule has 34 heavy (non-hydrogen) atoms. The molecule has 0 saturated carbocycles. The Morgan fingerprint density at radius 1 is 1.12 bits per heavy atom. The molecule has 8 heteroatoms.